The van der Waals surface area contributed by atoms with E-state index in [0.29, 0.717) is 11.8 Å². The van der Waals surface area contributed by atoms with Crippen molar-refractivity contribution in [2.24, 2.45) is 0 Å². The number of halogens is 2. The lowest BCUT2D eigenvalue weighted by molar-refractivity contribution is -0.385. The average molecular weight is 354 g/mol. The monoisotopic (exact) mass is 354 g/mol. The van der Waals surface area contributed by atoms with Gasteiger partial charge in [0, 0.05) is 16.6 Å². The molecule has 24 heavy (non-hydrogen) atoms. The molecule has 1 N–H and O–H groups in total. The van der Waals surface area contributed by atoms with E-state index in [1.165, 1.54) is 43.5 Å². The van der Waals surface area contributed by atoms with Gasteiger partial charge in [-0.3, -0.25) is 14.9 Å². The minimum Gasteiger partial charge on any atom is -0.497 e. The largest absolute Gasteiger partial charge is 0.497 e. The highest BCUT2D eigenvalue weighted by Crippen LogP contribution is 2.28. The molecule has 0 saturated carbocycles. The highest BCUT2D eigenvalue weighted by Gasteiger charge is 2.21. The maximum atomic E-state index is 12.4. The Kier molecular flexibility index (Phi) is 5.69. The number of anilines is 1. The Morgan fingerprint density at radius 3 is 2.67 bits per heavy atom. The van der Waals surface area contributed by atoms with Crippen LogP contribution in [0.25, 0.3) is 0 Å². The van der Waals surface area contributed by atoms with Gasteiger partial charge in [-0.25, -0.2) is 0 Å². The van der Waals surface area contributed by atoms with Gasteiger partial charge in [-0.1, -0.05) is 17.8 Å². The minimum absolute atomic E-state index is 0.189. The Labute approximate surface area is 140 Å². The molecule has 2 aromatic rings. The van der Waals surface area contributed by atoms with Crippen molar-refractivity contribution >= 4 is 29.0 Å². The van der Waals surface area contributed by atoms with E-state index in [4.69, 9.17) is 4.74 Å². The molecule has 0 atom stereocenters. The number of methoxy groups -OCH3 is 1. The number of hydrogen-bond donors (Lipinski definition) is 1. The van der Waals surface area contributed by atoms with Crippen LogP contribution in [0.2, 0.25) is 0 Å². The molecule has 6 nitrogen and oxygen atoms in total. The first-order valence-corrected chi connectivity index (χ1v) is 7.47. The van der Waals surface area contributed by atoms with Crippen LogP contribution in [0.4, 0.5) is 20.2 Å². The van der Waals surface area contributed by atoms with Crippen molar-refractivity contribution in [3.8, 4) is 5.75 Å². The van der Waals surface area contributed by atoms with Crippen LogP contribution in [-0.2, 0) is 0 Å². The first-order chi connectivity index (χ1) is 11.4. The maximum Gasteiger partial charge on any atom is 0.288 e. The number of carbonyl (C=O) groups excluding carboxylic acids is 1. The Morgan fingerprint density at radius 1 is 1.29 bits per heavy atom. The number of nitro benzene ring substituents is 1. The third-order valence-electron chi connectivity index (χ3n) is 2.96. The lowest BCUT2D eigenvalue weighted by atomic mass is 10.1. The van der Waals surface area contributed by atoms with E-state index in [1.54, 1.807) is 0 Å². The summed E-state index contributed by atoms with van der Waals surface area (Å²) in [6.45, 7) is 0. The second-order valence-corrected chi connectivity index (χ2v) is 5.56. The van der Waals surface area contributed by atoms with Gasteiger partial charge in [-0.2, -0.15) is 8.78 Å². The molecule has 2 aromatic carbocycles. The molecule has 0 fully saturated rings. The van der Waals surface area contributed by atoms with E-state index in [2.05, 4.69) is 5.32 Å². The number of ether oxygens (including phenoxy) is 1. The first-order valence-electron chi connectivity index (χ1n) is 6.59. The number of amides is 1. The quantitative estimate of drug-likeness (QED) is 0.478. The number of nitro groups is 1. The van der Waals surface area contributed by atoms with Gasteiger partial charge < -0.3 is 10.1 Å². The molecule has 9 heteroatoms. The fraction of sp³-hybridized carbons (Fsp3) is 0.133. The van der Waals surface area contributed by atoms with E-state index >= 15 is 0 Å². The van der Waals surface area contributed by atoms with Crippen molar-refractivity contribution in [1.29, 1.82) is 0 Å². The molecular weight excluding hydrogens is 342 g/mol. The highest BCUT2D eigenvalue weighted by molar-refractivity contribution is 7.99. The lowest BCUT2D eigenvalue weighted by Crippen LogP contribution is -2.14. The Bertz CT molecular complexity index is 771. The Hall–Kier alpha value is -2.68. The SMILES string of the molecule is COc1ccc([N+](=O)[O-])c(C(=O)Nc2cccc(SC(F)F)c2)c1. The molecular formula is C15H12F2N2O4S. The topological polar surface area (TPSA) is 81.5 Å². The van der Waals surface area contributed by atoms with E-state index in [1.807, 2.05) is 0 Å². The van der Waals surface area contributed by atoms with Gasteiger partial charge in [0.05, 0.1) is 12.0 Å². The van der Waals surface area contributed by atoms with Gasteiger partial charge >= 0.3 is 0 Å². The van der Waals surface area contributed by atoms with Gasteiger partial charge in [0.1, 0.15) is 11.3 Å². The summed E-state index contributed by atoms with van der Waals surface area (Å²) < 4.78 is 29.7. The van der Waals surface area contributed by atoms with Crippen LogP contribution in [0.1, 0.15) is 10.4 Å². The van der Waals surface area contributed by atoms with Crippen LogP contribution in [0, 0.1) is 10.1 Å². The fourth-order valence-electron chi connectivity index (χ4n) is 1.93. The molecule has 0 spiro atoms. The molecule has 0 unspecified atom stereocenters. The van der Waals surface area contributed by atoms with Gasteiger partial charge in [-0.05, 0) is 30.3 Å². The number of nitrogens with zero attached hydrogens (tertiary/aromatic N) is 1. The van der Waals surface area contributed by atoms with Gasteiger partial charge in [0.25, 0.3) is 17.4 Å². The van der Waals surface area contributed by atoms with Gasteiger partial charge in [-0.15, -0.1) is 0 Å². The number of hydrogen-bond acceptors (Lipinski definition) is 5. The van der Waals surface area contributed by atoms with E-state index < -0.39 is 16.6 Å². The maximum absolute atomic E-state index is 12.4. The molecule has 0 bridgehead atoms. The zero-order valence-electron chi connectivity index (χ0n) is 12.4. The fourth-order valence-corrected chi connectivity index (χ4v) is 2.49. The molecule has 0 heterocycles. The zero-order chi connectivity index (χ0) is 17.7. The molecule has 0 aromatic heterocycles. The molecule has 0 aliphatic rings. The van der Waals surface area contributed by atoms with Gasteiger partial charge in [0.15, 0.2) is 0 Å². The minimum atomic E-state index is -2.59. The molecule has 1 amide bonds. The highest BCUT2D eigenvalue weighted by atomic mass is 32.2. The van der Waals surface area contributed by atoms with E-state index in [0.717, 1.165) is 6.07 Å². The molecule has 0 radical (unpaired) electrons. The predicted octanol–water partition coefficient (Wildman–Crippen LogP) is 4.17. The van der Waals surface area contributed by atoms with E-state index in [9.17, 15) is 23.7 Å². The van der Waals surface area contributed by atoms with Crippen molar-refractivity contribution < 1.29 is 23.2 Å². The second-order valence-electron chi connectivity index (χ2n) is 4.50. The normalized spacial score (nSPS) is 10.5. The van der Waals surface area contributed by atoms with E-state index in [-0.39, 0.29) is 27.6 Å². The second kappa shape index (κ2) is 7.73. The number of rotatable bonds is 6. The van der Waals surface area contributed by atoms with Crippen molar-refractivity contribution in [2.45, 2.75) is 10.7 Å². The summed E-state index contributed by atoms with van der Waals surface area (Å²) >= 11 is 0.337. The zero-order valence-corrected chi connectivity index (χ0v) is 13.2. The summed E-state index contributed by atoms with van der Waals surface area (Å²) in [4.78, 5) is 23.0. The van der Waals surface area contributed by atoms with Crippen molar-refractivity contribution in [3.05, 3.63) is 58.1 Å². The Balaban J connectivity index is 2.28. The van der Waals surface area contributed by atoms with Crippen LogP contribution >= 0.6 is 11.8 Å². The summed E-state index contributed by atoms with van der Waals surface area (Å²) in [5.74, 6) is -3.04. The molecule has 0 aliphatic carbocycles. The predicted molar refractivity (Wildman–Crippen MR) is 85.9 cm³/mol. The lowest BCUT2D eigenvalue weighted by Gasteiger charge is -2.09. The summed E-state index contributed by atoms with van der Waals surface area (Å²) in [6, 6.07) is 9.61. The number of carbonyl (C=O) groups is 1. The summed E-state index contributed by atoms with van der Waals surface area (Å²) in [7, 11) is 1.37. The molecule has 0 saturated heterocycles. The van der Waals surface area contributed by atoms with Crippen molar-refractivity contribution in [1.82, 2.24) is 0 Å². The standard InChI is InChI=1S/C15H12F2N2O4S/c1-23-10-5-6-13(19(21)22)12(8-10)14(20)18-9-3-2-4-11(7-9)24-15(16)17/h2-8,15H,1H3,(H,18,20). The third kappa shape index (κ3) is 4.42. The summed E-state index contributed by atoms with van der Waals surface area (Å²) in [5.41, 5.74) is -0.319. The molecule has 0 aliphatic heterocycles. The van der Waals surface area contributed by atoms with Gasteiger partial charge in [0.2, 0.25) is 0 Å². The van der Waals surface area contributed by atoms with Crippen molar-refractivity contribution in [3.63, 3.8) is 0 Å². The first kappa shape index (κ1) is 17.7. The molecule has 126 valence electrons. The Morgan fingerprint density at radius 2 is 2.04 bits per heavy atom. The number of benzene rings is 2. The van der Waals surface area contributed by atoms with Crippen molar-refractivity contribution in [2.75, 3.05) is 12.4 Å². The summed E-state index contributed by atoms with van der Waals surface area (Å²) in [6.07, 6.45) is 0. The third-order valence-corrected chi connectivity index (χ3v) is 3.67. The smallest absolute Gasteiger partial charge is 0.288 e. The average Bonchev–Trinajstić information content (AvgIpc) is 2.53. The number of thioether (sulfide) groups is 1. The number of nitrogens with one attached hydrogen (secondary N) is 1. The van der Waals surface area contributed by atoms with Crippen LogP contribution in [0.3, 0.4) is 0 Å². The van der Waals surface area contributed by atoms with Crippen LogP contribution in [0.15, 0.2) is 47.4 Å². The summed E-state index contributed by atoms with van der Waals surface area (Å²) in [5, 5.41) is 13.5. The number of alkyl halides is 2. The van der Waals surface area contributed by atoms with Crippen LogP contribution in [-0.4, -0.2) is 23.7 Å². The molecule has 2 rings (SSSR count). The van der Waals surface area contributed by atoms with Crippen LogP contribution in [0.5, 0.6) is 5.75 Å². The van der Waals surface area contributed by atoms with Crippen LogP contribution < -0.4 is 10.1 Å².